The van der Waals surface area contributed by atoms with Crippen LogP contribution < -0.4 is 10.9 Å². The summed E-state index contributed by atoms with van der Waals surface area (Å²) in [5.41, 5.74) is 6.06. The molecule has 1 aliphatic rings. The van der Waals surface area contributed by atoms with E-state index in [9.17, 15) is 0 Å². The molecule has 3 heteroatoms. The number of rotatable bonds is 2. The van der Waals surface area contributed by atoms with Gasteiger partial charge in [0.15, 0.2) is 0 Å². The van der Waals surface area contributed by atoms with Gasteiger partial charge in [-0.05, 0) is 5.92 Å². The summed E-state index contributed by atoms with van der Waals surface area (Å²) in [7, 11) is 0. The predicted molar refractivity (Wildman–Crippen MR) is 37.0 cm³/mol. The molecule has 9 heavy (non-hydrogen) atoms. The summed E-state index contributed by atoms with van der Waals surface area (Å²) in [4.78, 5) is 0. The van der Waals surface area contributed by atoms with Gasteiger partial charge in [-0.25, -0.2) is 0 Å². The fourth-order valence-corrected chi connectivity index (χ4v) is 0.762. The lowest BCUT2D eigenvalue weighted by atomic mass is 10.2. The normalized spacial score (nSPS) is 18.1. The maximum Gasteiger partial charge on any atom is 0.0411 e. The average molecular weight is 127 g/mol. The Morgan fingerprint density at radius 2 is 1.89 bits per heavy atom. The van der Waals surface area contributed by atoms with Crippen molar-refractivity contribution < 1.29 is 0 Å². The molecule has 0 saturated heterocycles. The van der Waals surface area contributed by atoms with Crippen molar-refractivity contribution in [3.63, 3.8) is 0 Å². The monoisotopic (exact) mass is 127 g/mol. The van der Waals surface area contributed by atoms with Gasteiger partial charge in [0.05, 0.1) is 0 Å². The molecule has 0 aromatic rings. The summed E-state index contributed by atoms with van der Waals surface area (Å²) in [6, 6.07) is 0. The molecule has 0 bridgehead atoms. The van der Waals surface area contributed by atoms with Crippen LogP contribution in [0.25, 0.3) is 0 Å². The summed E-state index contributed by atoms with van der Waals surface area (Å²) in [6.07, 6.45) is 3.75. The van der Waals surface area contributed by atoms with E-state index in [1.54, 1.807) is 0 Å². The second kappa shape index (κ2) is 2.73. The van der Waals surface area contributed by atoms with Crippen molar-refractivity contribution >= 4 is 0 Å². The molecule has 52 valence electrons. The van der Waals surface area contributed by atoms with E-state index in [0.29, 0.717) is 5.92 Å². The fourth-order valence-electron chi connectivity index (χ4n) is 0.762. The minimum Gasteiger partial charge on any atom is -0.307 e. The van der Waals surface area contributed by atoms with E-state index in [-0.39, 0.29) is 0 Å². The molecule has 1 heterocycles. The molecule has 0 radical (unpaired) electrons. The van der Waals surface area contributed by atoms with Gasteiger partial charge in [-0.1, -0.05) is 13.8 Å². The van der Waals surface area contributed by atoms with Gasteiger partial charge in [0.25, 0.3) is 0 Å². The van der Waals surface area contributed by atoms with Crippen LogP contribution in [-0.2, 0) is 0 Å². The van der Waals surface area contributed by atoms with Gasteiger partial charge >= 0.3 is 0 Å². The molecule has 2 N–H and O–H groups in total. The maximum absolute atomic E-state index is 3.03. The molecule has 3 nitrogen and oxygen atoms in total. The molecule has 0 amide bonds. The van der Waals surface area contributed by atoms with E-state index in [4.69, 9.17) is 0 Å². The molecule has 0 unspecified atom stereocenters. The molecule has 0 atom stereocenters. The van der Waals surface area contributed by atoms with E-state index in [2.05, 4.69) is 24.7 Å². The molecule has 1 rings (SSSR count). The van der Waals surface area contributed by atoms with Crippen molar-refractivity contribution in [2.75, 3.05) is 6.54 Å². The zero-order valence-electron chi connectivity index (χ0n) is 5.89. The van der Waals surface area contributed by atoms with Crippen molar-refractivity contribution in [1.82, 2.24) is 16.0 Å². The third-order valence-corrected chi connectivity index (χ3v) is 1.09. The van der Waals surface area contributed by atoms with Crippen molar-refractivity contribution in [3.8, 4) is 0 Å². The van der Waals surface area contributed by atoms with Crippen LogP contribution in [0.15, 0.2) is 12.4 Å². The predicted octanol–water partition coefficient (Wildman–Crippen LogP) is 0.438. The third kappa shape index (κ3) is 1.93. The largest absolute Gasteiger partial charge is 0.307 e. The first kappa shape index (κ1) is 6.42. The Morgan fingerprint density at radius 3 is 2.33 bits per heavy atom. The van der Waals surface area contributed by atoms with Crippen LogP contribution in [0.5, 0.6) is 0 Å². The fraction of sp³-hybridized carbons (Fsp3) is 0.667. The van der Waals surface area contributed by atoms with E-state index < -0.39 is 0 Å². The smallest absolute Gasteiger partial charge is 0.0411 e. The van der Waals surface area contributed by atoms with E-state index in [1.807, 2.05) is 17.5 Å². The van der Waals surface area contributed by atoms with Gasteiger partial charge < -0.3 is 10.9 Å². The van der Waals surface area contributed by atoms with E-state index in [0.717, 1.165) is 6.54 Å². The van der Waals surface area contributed by atoms with Crippen LogP contribution in [-0.4, -0.2) is 11.7 Å². The molecule has 0 fully saturated rings. The number of nitrogens with zero attached hydrogens (tertiary/aromatic N) is 1. The highest BCUT2D eigenvalue weighted by Crippen LogP contribution is 1.94. The SMILES string of the molecule is CC(C)CN1NC=CN1. The summed E-state index contributed by atoms with van der Waals surface area (Å²) in [5, 5.41) is 1.95. The van der Waals surface area contributed by atoms with Crippen LogP contribution in [0, 0.1) is 5.92 Å². The van der Waals surface area contributed by atoms with Crippen LogP contribution in [0.2, 0.25) is 0 Å². The summed E-state index contributed by atoms with van der Waals surface area (Å²) >= 11 is 0. The van der Waals surface area contributed by atoms with Gasteiger partial charge in [0.1, 0.15) is 0 Å². The Morgan fingerprint density at radius 1 is 1.33 bits per heavy atom. The first-order valence-electron chi connectivity index (χ1n) is 3.24. The molecule has 0 aromatic heterocycles. The van der Waals surface area contributed by atoms with E-state index in [1.165, 1.54) is 0 Å². The van der Waals surface area contributed by atoms with Gasteiger partial charge in [-0.2, -0.15) is 0 Å². The molecule has 0 spiro atoms. The lowest BCUT2D eigenvalue weighted by Gasteiger charge is -2.17. The van der Waals surface area contributed by atoms with Gasteiger partial charge in [-0.15, -0.1) is 5.12 Å². The Balaban J connectivity index is 2.14. The van der Waals surface area contributed by atoms with Crippen molar-refractivity contribution in [1.29, 1.82) is 0 Å². The minimum atomic E-state index is 0.685. The van der Waals surface area contributed by atoms with Crippen molar-refractivity contribution in [2.24, 2.45) is 5.92 Å². The number of hydrogen-bond donors (Lipinski definition) is 2. The molecular weight excluding hydrogens is 114 g/mol. The second-order valence-corrected chi connectivity index (χ2v) is 2.60. The Kier molecular flexibility index (Phi) is 1.95. The lowest BCUT2D eigenvalue weighted by Crippen LogP contribution is -2.40. The number of nitrogens with one attached hydrogen (secondary N) is 2. The van der Waals surface area contributed by atoms with Crippen molar-refractivity contribution in [2.45, 2.75) is 13.8 Å². The molecule has 0 aromatic carbocycles. The highest BCUT2D eigenvalue weighted by atomic mass is 15.7. The number of hydrogen-bond acceptors (Lipinski definition) is 3. The zero-order chi connectivity index (χ0) is 6.69. The van der Waals surface area contributed by atoms with Crippen LogP contribution in [0.4, 0.5) is 0 Å². The van der Waals surface area contributed by atoms with Gasteiger partial charge in [-0.3, -0.25) is 0 Å². The summed E-state index contributed by atoms with van der Waals surface area (Å²) in [6.45, 7) is 5.39. The second-order valence-electron chi connectivity index (χ2n) is 2.60. The van der Waals surface area contributed by atoms with Crippen LogP contribution in [0.3, 0.4) is 0 Å². The number of hydrazine groups is 2. The van der Waals surface area contributed by atoms with E-state index >= 15 is 0 Å². The van der Waals surface area contributed by atoms with Crippen LogP contribution in [0.1, 0.15) is 13.8 Å². The molecular formula is C6H13N3. The highest BCUT2D eigenvalue weighted by Gasteiger charge is 2.04. The summed E-state index contributed by atoms with van der Waals surface area (Å²) < 4.78 is 0. The Hall–Kier alpha value is -0.700. The first-order chi connectivity index (χ1) is 4.29. The zero-order valence-corrected chi connectivity index (χ0v) is 5.89. The quantitative estimate of drug-likeness (QED) is 0.563. The maximum atomic E-state index is 3.03. The Labute approximate surface area is 55.7 Å². The van der Waals surface area contributed by atoms with Gasteiger partial charge in [0, 0.05) is 18.9 Å². The molecule has 1 aliphatic heterocycles. The first-order valence-corrected chi connectivity index (χ1v) is 3.24. The highest BCUT2D eigenvalue weighted by molar-refractivity contribution is 4.80. The van der Waals surface area contributed by atoms with Crippen molar-refractivity contribution in [3.05, 3.63) is 12.4 Å². The van der Waals surface area contributed by atoms with Crippen LogP contribution >= 0.6 is 0 Å². The third-order valence-electron chi connectivity index (χ3n) is 1.09. The minimum absolute atomic E-state index is 0.685. The Bertz CT molecular complexity index is 101. The topological polar surface area (TPSA) is 27.3 Å². The van der Waals surface area contributed by atoms with Gasteiger partial charge in [0.2, 0.25) is 0 Å². The standard InChI is InChI=1S/C6H13N3/c1-6(2)5-9-7-3-4-8-9/h3-4,6-8H,5H2,1-2H3. The molecule has 0 saturated carbocycles. The lowest BCUT2D eigenvalue weighted by molar-refractivity contribution is 0.169. The molecule has 0 aliphatic carbocycles. The summed E-state index contributed by atoms with van der Waals surface area (Å²) in [5.74, 6) is 0.685. The average Bonchev–Trinajstić information content (AvgIpc) is 2.15.